The van der Waals surface area contributed by atoms with Crippen LogP contribution in [0.4, 0.5) is 5.95 Å². The smallest absolute Gasteiger partial charge is 0.280 e. The Bertz CT molecular complexity index is 1080. The van der Waals surface area contributed by atoms with Gasteiger partial charge in [-0.3, -0.25) is 24.5 Å². The van der Waals surface area contributed by atoms with Gasteiger partial charge in [0.15, 0.2) is 17.4 Å². The molecule has 0 radical (unpaired) electrons. The zero-order valence-electron chi connectivity index (χ0n) is 15.1. The summed E-state index contributed by atoms with van der Waals surface area (Å²) in [5, 5.41) is 32.0. The number of H-pyrrole nitrogens is 1. The number of fused-ring (bicyclic) bond motifs is 1. The Morgan fingerprint density at radius 2 is 2.00 bits per heavy atom. The van der Waals surface area contributed by atoms with Crippen molar-refractivity contribution in [3.8, 4) is 0 Å². The van der Waals surface area contributed by atoms with Crippen molar-refractivity contribution in [1.29, 1.82) is 0 Å². The highest BCUT2D eigenvalue weighted by Crippen LogP contribution is 2.30. The van der Waals surface area contributed by atoms with Crippen molar-refractivity contribution in [1.82, 2.24) is 19.5 Å². The molecule has 11 heteroatoms. The summed E-state index contributed by atoms with van der Waals surface area (Å²) >= 11 is 0. The van der Waals surface area contributed by atoms with Crippen LogP contribution in [0.3, 0.4) is 0 Å². The van der Waals surface area contributed by atoms with E-state index in [-0.39, 0.29) is 29.4 Å². The van der Waals surface area contributed by atoms with Crippen LogP contribution in [0.2, 0.25) is 0 Å². The minimum absolute atomic E-state index is 0.0243. The number of rotatable bonds is 5. The zero-order chi connectivity index (χ0) is 20.5. The van der Waals surface area contributed by atoms with E-state index in [0.717, 1.165) is 5.56 Å². The van der Waals surface area contributed by atoms with E-state index < -0.39 is 36.7 Å². The van der Waals surface area contributed by atoms with E-state index in [1.165, 1.54) is 10.9 Å². The molecule has 4 atom stereocenters. The molecule has 152 valence electrons. The maximum atomic E-state index is 12.3. The van der Waals surface area contributed by atoms with Gasteiger partial charge in [0.25, 0.3) is 5.56 Å². The summed E-state index contributed by atoms with van der Waals surface area (Å²) in [4.78, 5) is 35.2. The maximum absolute atomic E-state index is 12.3. The van der Waals surface area contributed by atoms with Crippen molar-refractivity contribution in [2.75, 3.05) is 11.9 Å². The van der Waals surface area contributed by atoms with Gasteiger partial charge >= 0.3 is 0 Å². The Hall–Kier alpha value is -3.12. The third-order valence-electron chi connectivity index (χ3n) is 4.69. The molecule has 1 saturated heterocycles. The third kappa shape index (κ3) is 3.63. The van der Waals surface area contributed by atoms with Crippen molar-refractivity contribution >= 4 is 23.0 Å². The van der Waals surface area contributed by atoms with Gasteiger partial charge < -0.3 is 20.1 Å². The van der Waals surface area contributed by atoms with Crippen LogP contribution < -0.4 is 10.9 Å². The van der Waals surface area contributed by atoms with E-state index in [2.05, 4.69) is 20.3 Å². The van der Waals surface area contributed by atoms with Crippen LogP contribution in [0.1, 0.15) is 11.8 Å². The second-order valence-electron chi connectivity index (χ2n) is 6.68. The number of carbonyl (C=O) groups excluding carboxylic acids is 1. The average molecular weight is 401 g/mol. The lowest BCUT2D eigenvalue weighted by Crippen LogP contribution is -2.33. The number of aliphatic hydroxyl groups excluding tert-OH is 3. The van der Waals surface area contributed by atoms with E-state index in [1.807, 2.05) is 18.2 Å². The maximum Gasteiger partial charge on any atom is 0.280 e. The van der Waals surface area contributed by atoms with Gasteiger partial charge in [-0.1, -0.05) is 30.3 Å². The molecule has 3 aromatic rings. The number of nitrogens with zero attached hydrogens (tertiary/aromatic N) is 3. The Morgan fingerprint density at radius 3 is 2.69 bits per heavy atom. The molecule has 29 heavy (non-hydrogen) atoms. The number of ether oxygens (including phenoxy) is 1. The SMILES string of the molecule is O=C(Cc1ccccc1)Nc1nc2c(ncn2[C@H]2O[C@@H](CO)[C@@H](O)[C@@H]2O)c(=O)[nH]1. The standard InChI is InChI=1S/C18H19N5O6/c24-7-10-13(26)14(27)17(29-10)23-8-19-12-15(23)21-18(22-16(12)28)20-11(25)6-9-4-2-1-3-5-9/h1-5,8,10,13-14,17,24,26-27H,6-7H2,(H2,20,21,22,25,28)/t10-,13+,14-,17-/m0/s1. The van der Waals surface area contributed by atoms with Crippen molar-refractivity contribution in [2.45, 2.75) is 31.0 Å². The number of nitrogens with one attached hydrogen (secondary N) is 2. The molecular weight excluding hydrogens is 382 g/mol. The molecule has 1 aliphatic rings. The number of hydrogen-bond acceptors (Lipinski definition) is 8. The monoisotopic (exact) mass is 401 g/mol. The van der Waals surface area contributed by atoms with Gasteiger partial charge in [0.2, 0.25) is 11.9 Å². The molecular formula is C18H19N5O6. The highest BCUT2D eigenvalue weighted by molar-refractivity contribution is 5.91. The van der Waals surface area contributed by atoms with Gasteiger partial charge in [-0.2, -0.15) is 4.98 Å². The van der Waals surface area contributed by atoms with Crippen LogP contribution in [0, 0.1) is 0 Å². The van der Waals surface area contributed by atoms with Crippen molar-refractivity contribution in [3.63, 3.8) is 0 Å². The highest BCUT2D eigenvalue weighted by Gasteiger charge is 2.44. The molecule has 0 bridgehead atoms. The molecule has 4 rings (SSSR count). The number of aromatic nitrogens is 4. The lowest BCUT2D eigenvalue weighted by atomic mass is 10.1. The number of amides is 1. The summed E-state index contributed by atoms with van der Waals surface area (Å²) < 4.78 is 6.74. The molecule has 0 aliphatic carbocycles. The van der Waals surface area contributed by atoms with Crippen LogP contribution in [-0.4, -0.2) is 65.7 Å². The van der Waals surface area contributed by atoms with E-state index in [1.54, 1.807) is 12.1 Å². The van der Waals surface area contributed by atoms with Crippen LogP contribution >= 0.6 is 0 Å². The van der Waals surface area contributed by atoms with E-state index in [4.69, 9.17) is 4.74 Å². The minimum Gasteiger partial charge on any atom is -0.394 e. The van der Waals surface area contributed by atoms with E-state index in [0.29, 0.717) is 0 Å². The molecule has 1 aliphatic heterocycles. The molecule has 1 fully saturated rings. The fourth-order valence-corrected chi connectivity index (χ4v) is 3.24. The van der Waals surface area contributed by atoms with Gasteiger partial charge in [0.1, 0.15) is 18.3 Å². The fraction of sp³-hybridized carbons (Fsp3) is 0.333. The van der Waals surface area contributed by atoms with Gasteiger partial charge in [-0.25, -0.2) is 4.98 Å². The van der Waals surface area contributed by atoms with E-state index in [9.17, 15) is 24.9 Å². The predicted molar refractivity (Wildman–Crippen MR) is 99.9 cm³/mol. The Labute approximate surface area is 163 Å². The van der Waals surface area contributed by atoms with Gasteiger partial charge in [0.05, 0.1) is 19.4 Å². The molecule has 2 aromatic heterocycles. The molecule has 5 N–H and O–H groups in total. The second kappa shape index (κ2) is 7.72. The molecule has 0 saturated carbocycles. The first kappa shape index (κ1) is 19.2. The number of benzene rings is 1. The van der Waals surface area contributed by atoms with Crippen LogP contribution in [0.25, 0.3) is 11.2 Å². The quantitative estimate of drug-likeness (QED) is 0.360. The van der Waals surface area contributed by atoms with Crippen molar-refractivity contribution < 1.29 is 24.9 Å². The molecule has 3 heterocycles. The van der Waals surface area contributed by atoms with E-state index >= 15 is 0 Å². The summed E-state index contributed by atoms with van der Waals surface area (Å²) in [5.41, 5.74) is 0.239. The lowest BCUT2D eigenvalue weighted by Gasteiger charge is -2.16. The second-order valence-corrected chi connectivity index (χ2v) is 6.68. The first-order chi connectivity index (χ1) is 14.0. The summed E-state index contributed by atoms with van der Waals surface area (Å²) in [7, 11) is 0. The molecule has 11 nitrogen and oxygen atoms in total. The number of aromatic amines is 1. The molecule has 0 spiro atoms. The Kier molecular flexibility index (Phi) is 5.11. The fourth-order valence-electron chi connectivity index (χ4n) is 3.24. The Morgan fingerprint density at radius 1 is 1.24 bits per heavy atom. The lowest BCUT2D eigenvalue weighted by molar-refractivity contribution is -0.115. The topological polar surface area (TPSA) is 163 Å². The van der Waals surface area contributed by atoms with Crippen LogP contribution in [-0.2, 0) is 16.0 Å². The summed E-state index contributed by atoms with van der Waals surface area (Å²) in [5.74, 6) is -0.463. The first-order valence-corrected chi connectivity index (χ1v) is 8.91. The number of imidazole rings is 1. The minimum atomic E-state index is -1.36. The first-order valence-electron chi connectivity index (χ1n) is 8.91. The summed E-state index contributed by atoms with van der Waals surface area (Å²) in [6.45, 7) is -0.490. The third-order valence-corrected chi connectivity index (χ3v) is 4.69. The summed E-state index contributed by atoms with van der Waals surface area (Å²) in [6.07, 6.45) is -3.43. The highest BCUT2D eigenvalue weighted by atomic mass is 16.6. The van der Waals surface area contributed by atoms with Crippen molar-refractivity contribution in [3.05, 3.63) is 52.6 Å². The van der Waals surface area contributed by atoms with Gasteiger partial charge in [-0.05, 0) is 5.56 Å². The average Bonchev–Trinajstić information content (AvgIpc) is 3.24. The van der Waals surface area contributed by atoms with Crippen LogP contribution in [0.5, 0.6) is 0 Å². The number of aliphatic hydroxyl groups is 3. The Balaban J connectivity index is 1.62. The van der Waals surface area contributed by atoms with Gasteiger partial charge in [-0.15, -0.1) is 0 Å². The largest absolute Gasteiger partial charge is 0.394 e. The number of hydrogen-bond donors (Lipinski definition) is 5. The van der Waals surface area contributed by atoms with Gasteiger partial charge in [0, 0.05) is 0 Å². The van der Waals surface area contributed by atoms with Crippen LogP contribution in [0.15, 0.2) is 41.5 Å². The summed E-state index contributed by atoms with van der Waals surface area (Å²) in [6, 6.07) is 9.07. The predicted octanol–water partition coefficient (Wildman–Crippen LogP) is -1.09. The molecule has 1 aromatic carbocycles. The molecule has 0 unspecified atom stereocenters. The zero-order valence-corrected chi connectivity index (χ0v) is 15.1. The number of carbonyl (C=O) groups is 1. The normalized spacial score (nSPS) is 24.1. The number of anilines is 1. The van der Waals surface area contributed by atoms with Crippen molar-refractivity contribution in [2.24, 2.45) is 0 Å². The molecule has 1 amide bonds.